The van der Waals surface area contributed by atoms with Crippen LogP contribution in [0.15, 0.2) is 30.3 Å². The second-order valence-electron chi connectivity index (χ2n) is 7.50. The minimum atomic E-state index is -0.0266. The lowest BCUT2D eigenvalue weighted by Gasteiger charge is -2.30. The smallest absolute Gasteiger partial charge is 0.251 e. The van der Waals surface area contributed by atoms with Gasteiger partial charge in [0.15, 0.2) is 0 Å². The summed E-state index contributed by atoms with van der Waals surface area (Å²) >= 11 is 0. The maximum Gasteiger partial charge on any atom is 0.251 e. The number of halogens is 1. The first-order valence-corrected chi connectivity index (χ1v) is 9.67. The molecular weight excluding hydrogens is 360 g/mol. The highest BCUT2D eigenvalue weighted by Crippen LogP contribution is 2.26. The highest BCUT2D eigenvalue weighted by molar-refractivity contribution is 5.94. The van der Waals surface area contributed by atoms with Crippen molar-refractivity contribution >= 4 is 18.3 Å². The van der Waals surface area contributed by atoms with Gasteiger partial charge in [0.2, 0.25) is 0 Å². The molecule has 1 heterocycles. The van der Waals surface area contributed by atoms with Crippen molar-refractivity contribution in [3.63, 3.8) is 0 Å². The van der Waals surface area contributed by atoms with Crippen LogP contribution in [0.1, 0.15) is 59.4 Å². The highest BCUT2D eigenvalue weighted by Gasteiger charge is 2.24. The van der Waals surface area contributed by atoms with Crippen LogP contribution >= 0.6 is 12.4 Å². The van der Waals surface area contributed by atoms with Crippen molar-refractivity contribution in [1.29, 1.82) is 0 Å². The molecule has 6 heteroatoms. The van der Waals surface area contributed by atoms with Crippen molar-refractivity contribution in [2.24, 2.45) is 11.7 Å². The van der Waals surface area contributed by atoms with E-state index in [1.807, 2.05) is 42.8 Å². The van der Waals surface area contributed by atoms with Crippen LogP contribution in [0, 0.1) is 19.8 Å². The molecule has 1 aromatic heterocycles. The van der Waals surface area contributed by atoms with Gasteiger partial charge < -0.3 is 11.1 Å². The number of nitrogens with one attached hydrogen (secondary N) is 1. The van der Waals surface area contributed by atoms with Crippen LogP contribution in [0.4, 0.5) is 0 Å². The SMILES string of the molecule is Cc1cc(C)n(Cc2cccc(C(=O)NC(CN)C3CCCCC3)c2)n1.Cl. The number of benzene rings is 1. The number of nitrogens with two attached hydrogens (primary N) is 1. The molecule has 1 fully saturated rings. The Kier molecular flexibility index (Phi) is 7.87. The molecule has 1 unspecified atom stereocenters. The van der Waals surface area contributed by atoms with Gasteiger partial charge in [-0.15, -0.1) is 12.4 Å². The summed E-state index contributed by atoms with van der Waals surface area (Å²) in [5.41, 5.74) is 9.85. The van der Waals surface area contributed by atoms with Gasteiger partial charge in [-0.1, -0.05) is 31.4 Å². The maximum absolute atomic E-state index is 12.7. The molecule has 0 saturated heterocycles. The zero-order valence-electron chi connectivity index (χ0n) is 16.3. The van der Waals surface area contributed by atoms with Crippen LogP contribution in [-0.4, -0.2) is 28.3 Å². The largest absolute Gasteiger partial charge is 0.348 e. The fourth-order valence-electron chi connectivity index (χ4n) is 3.98. The number of rotatable bonds is 6. The number of hydrogen-bond donors (Lipinski definition) is 2. The van der Waals surface area contributed by atoms with E-state index in [0.29, 0.717) is 24.6 Å². The summed E-state index contributed by atoms with van der Waals surface area (Å²) in [6.07, 6.45) is 6.13. The molecule has 0 radical (unpaired) electrons. The molecule has 3 rings (SSSR count). The molecule has 1 aliphatic rings. The summed E-state index contributed by atoms with van der Waals surface area (Å²) in [7, 11) is 0. The van der Waals surface area contributed by atoms with Gasteiger partial charge in [0, 0.05) is 23.8 Å². The third-order valence-corrected chi connectivity index (χ3v) is 5.41. The maximum atomic E-state index is 12.7. The van der Waals surface area contributed by atoms with Crippen molar-refractivity contribution in [2.75, 3.05) is 6.54 Å². The van der Waals surface area contributed by atoms with Crippen LogP contribution in [0.2, 0.25) is 0 Å². The van der Waals surface area contributed by atoms with Crippen LogP contribution in [0.25, 0.3) is 0 Å². The van der Waals surface area contributed by atoms with Gasteiger partial charge in [0.05, 0.1) is 12.2 Å². The van der Waals surface area contributed by atoms with Crippen molar-refractivity contribution in [2.45, 2.75) is 58.5 Å². The van der Waals surface area contributed by atoms with E-state index in [4.69, 9.17) is 5.73 Å². The summed E-state index contributed by atoms with van der Waals surface area (Å²) in [6, 6.07) is 9.94. The lowest BCUT2D eigenvalue weighted by Crippen LogP contribution is -2.45. The van der Waals surface area contributed by atoms with E-state index in [-0.39, 0.29) is 24.4 Å². The van der Waals surface area contributed by atoms with Crippen LogP contribution < -0.4 is 11.1 Å². The quantitative estimate of drug-likeness (QED) is 0.791. The topological polar surface area (TPSA) is 72.9 Å². The Bertz CT molecular complexity index is 752. The zero-order valence-corrected chi connectivity index (χ0v) is 17.1. The number of aryl methyl sites for hydroxylation is 2. The number of nitrogens with zero attached hydrogens (tertiary/aromatic N) is 2. The van der Waals surface area contributed by atoms with Crippen LogP contribution in [0.5, 0.6) is 0 Å². The minimum absolute atomic E-state index is 0. The fourth-order valence-corrected chi connectivity index (χ4v) is 3.98. The Hall–Kier alpha value is -1.85. The number of amides is 1. The molecule has 1 aliphatic carbocycles. The molecule has 2 aromatic rings. The van der Waals surface area contributed by atoms with Crippen LogP contribution in [0.3, 0.4) is 0 Å². The average molecular weight is 391 g/mol. The Morgan fingerprint density at radius 1 is 1.26 bits per heavy atom. The van der Waals surface area contributed by atoms with E-state index < -0.39 is 0 Å². The summed E-state index contributed by atoms with van der Waals surface area (Å²) in [4.78, 5) is 12.7. The normalized spacial score (nSPS) is 15.8. The van der Waals surface area contributed by atoms with Gasteiger partial charge in [-0.05, 0) is 56.4 Å². The van der Waals surface area contributed by atoms with Gasteiger partial charge in [0.1, 0.15) is 0 Å². The third kappa shape index (κ3) is 5.56. The second-order valence-corrected chi connectivity index (χ2v) is 7.50. The van der Waals surface area contributed by atoms with Gasteiger partial charge in [-0.2, -0.15) is 5.10 Å². The van der Waals surface area contributed by atoms with E-state index in [1.54, 1.807) is 0 Å². The molecule has 1 amide bonds. The monoisotopic (exact) mass is 390 g/mol. The highest BCUT2D eigenvalue weighted by atomic mass is 35.5. The minimum Gasteiger partial charge on any atom is -0.348 e. The second kappa shape index (κ2) is 9.90. The van der Waals surface area contributed by atoms with Gasteiger partial charge in [-0.25, -0.2) is 0 Å². The summed E-state index contributed by atoms with van der Waals surface area (Å²) in [6.45, 7) is 5.21. The first kappa shape index (κ1) is 21.5. The Morgan fingerprint density at radius 3 is 2.63 bits per heavy atom. The number of hydrogen-bond acceptors (Lipinski definition) is 3. The average Bonchev–Trinajstić information content (AvgIpc) is 2.97. The molecule has 148 valence electrons. The lowest BCUT2D eigenvalue weighted by molar-refractivity contribution is 0.0915. The van der Waals surface area contributed by atoms with Gasteiger partial charge in [-0.3, -0.25) is 9.48 Å². The van der Waals surface area contributed by atoms with E-state index in [2.05, 4.69) is 16.5 Å². The third-order valence-electron chi connectivity index (χ3n) is 5.41. The molecule has 27 heavy (non-hydrogen) atoms. The standard InChI is InChI=1S/C21H30N4O.ClH/c1-15-11-16(2)25(24-15)14-17-7-6-10-19(12-17)21(26)23-20(13-22)18-8-4-3-5-9-18;/h6-7,10-12,18,20H,3-5,8-9,13-14,22H2,1-2H3,(H,23,26);1H. The Morgan fingerprint density at radius 2 is 2.00 bits per heavy atom. The molecule has 1 aromatic carbocycles. The van der Waals surface area contributed by atoms with E-state index in [1.165, 1.54) is 32.1 Å². The van der Waals surface area contributed by atoms with Gasteiger partial charge >= 0.3 is 0 Å². The van der Waals surface area contributed by atoms with Crippen molar-refractivity contribution in [3.05, 3.63) is 52.8 Å². The molecule has 1 saturated carbocycles. The molecular formula is C21H31ClN4O. The van der Waals surface area contributed by atoms with Gasteiger partial charge in [0.25, 0.3) is 5.91 Å². The van der Waals surface area contributed by atoms with Crippen LogP contribution in [-0.2, 0) is 6.54 Å². The van der Waals surface area contributed by atoms with Crippen molar-refractivity contribution in [3.8, 4) is 0 Å². The summed E-state index contributed by atoms with van der Waals surface area (Å²) in [5, 5.41) is 7.68. The first-order chi connectivity index (χ1) is 12.6. The fraction of sp³-hybridized carbons (Fsp3) is 0.524. The predicted octanol–water partition coefficient (Wildman–Crippen LogP) is 3.61. The zero-order chi connectivity index (χ0) is 18.5. The van der Waals surface area contributed by atoms with E-state index in [0.717, 1.165) is 17.0 Å². The molecule has 3 N–H and O–H groups in total. The Balaban J connectivity index is 0.00000261. The molecule has 5 nitrogen and oxygen atoms in total. The Labute approximate surface area is 168 Å². The lowest BCUT2D eigenvalue weighted by atomic mass is 9.84. The predicted molar refractivity (Wildman–Crippen MR) is 111 cm³/mol. The molecule has 1 atom stereocenters. The van der Waals surface area contributed by atoms with Crippen molar-refractivity contribution in [1.82, 2.24) is 15.1 Å². The number of carbonyl (C=O) groups excluding carboxylic acids is 1. The first-order valence-electron chi connectivity index (χ1n) is 9.67. The molecule has 0 spiro atoms. The summed E-state index contributed by atoms with van der Waals surface area (Å²) in [5.74, 6) is 0.483. The number of carbonyl (C=O) groups is 1. The van der Waals surface area contributed by atoms with E-state index >= 15 is 0 Å². The van der Waals surface area contributed by atoms with E-state index in [9.17, 15) is 4.79 Å². The molecule has 0 bridgehead atoms. The molecule has 0 aliphatic heterocycles. The number of aromatic nitrogens is 2. The van der Waals surface area contributed by atoms with Crippen molar-refractivity contribution < 1.29 is 4.79 Å². The summed E-state index contributed by atoms with van der Waals surface area (Å²) < 4.78 is 1.97.